The predicted octanol–water partition coefficient (Wildman–Crippen LogP) is 0.239. The van der Waals surface area contributed by atoms with Gasteiger partial charge in [-0.2, -0.15) is 4.57 Å². The summed E-state index contributed by atoms with van der Waals surface area (Å²) in [7, 11) is 1.28. The molecule has 0 aromatic carbocycles. The topological polar surface area (TPSA) is 180 Å². The standard InChI is InChI=1S/C21H20N8O5S2/c1-9(28-4-3-11-12(5-28)24-8-23-11)10-6-35-19-15(18(31)29(19)16(10)20(32)33)26-17(30)14(27-34-2)13-7-36-21(22)25-13/h3-5,7-9,15,19H,6H2,1-2H3,(H4,22,25,26,30,32,33)/p+1/t9?,15?,19-/m0/s1. The number of β-lactam (4-membered cyclic amide) rings is 1. The number of carbonyl (C=O) groups excluding carboxylic acids is 2. The van der Waals surface area contributed by atoms with Crippen LogP contribution in [0, 0.1) is 0 Å². The first-order valence-electron chi connectivity index (χ1n) is 10.7. The summed E-state index contributed by atoms with van der Waals surface area (Å²) < 4.78 is 1.87. The second-order valence-electron chi connectivity index (χ2n) is 8.00. The zero-order valence-corrected chi connectivity index (χ0v) is 20.7. The summed E-state index contributed by atoms with van der Waals surface area (Å²) in [5.41, 5.74) is 7.85. The Morgan fingerprint density at radius 1 is 1.47 bits per heavy atom. The van der Waals surface area contributed by atoms with Gasteiger partial charge in [0.2, 0.25) is 0 Å². The number of aromatic amines is 1. The van der Waals surface area contributed by atoms with Crippen LogP contribution < -0.4 is 15.6 Å². The molecule has 3 aromatic heterocycles. The van der Waals surface area contributed by atoms with Gasteiger partial charge in [0, 0.05) is 29.7 Å². The normalized spacial score (nSPS) is 20.7. The predicted molar refractivity (Wildman–Crippen MR) is 131 cm³/mol. The number of nitrogen functional groups attached to an aromatic ring is 1. The van der Waals surface area contributed by atoms with E-state index < -0.39 is 29.2 Å². The summed E-state index contributed by atoms with van der Waals surface area (Å²) in [4.78, 5) is 55.6. The first-order chi connectivity index (χ1) is 17.3. The van der Waals surface area contributed by atoms with Gasteiger partial charge in [-0.05, 0) is 0 Å². The average molecular weight is 530 g/mol. The van der Waals surface area contributed by atoms with Crippen LogP contribution in [-0.2, 0) is 19.2 Å². The molecular weight excluding hydrogens is 508 g/mol. The maximum absolute atomic E-state index is 13.1. The summed E-state index contributed by atoms with van der Waals surface area (Å²) >= 11 is 2.51. The number of hydrogen-bond donors (Lipinski definition) is 4. The molecule has 2 unspecified atom stereocenters. The van der Waals surface area contributed by atoms with Gasteiger partial charge in [-0.25, -0.2) is 14.8 Å². The summed E-state index contributed by atoms with van der Waals surface area (Å²) in [6.45, 7) is 1.87. The van der Waals surface area contributed by atoms with Crippen LogP contribution in [0.3, 0.4) is 0 Å². The van der Waals surface area contributed by atoms with E-state index in [1.165, 1.54) is 23.8 Å². The molecule has 0 spiro atoms. The largest absolute Gasteiger partial charge is 0.477 e. The van der Waals surface area contributed by atoms with E-state index >= 15 is 0 Å². The fourth-order valence-electron chi connectivity index (χ4n) is 4.18. The lowest BCUT2D eigenvalue weighted by molar-refractivity contribution is -0.710. The lowest BCUT2D eigenvalue weighted by Crippen LogP contribution is -2.71. The Balaban J connectivity index is 1.39. The van der Waals surface area contributed by atoms with Crippen molar-refractivity contribution in [1.29, 1.82) is 0 Å². The quantitative estimate of drug-likeness (QED) is 0.144. The minimum atomic E-state index is -1.21. The zero-order valence-electron chi connectivity index (χ0n) is 19.0. The molecule has 3 aromatic rings. The number of fused-ring (bicyclic) bond motifs is 2. The average Bonchev–Trinajstić information content (AvgIpc) is 3.52. The van der Waals surface area contributed by atoms with Crippen molar-refractivity contribution in [2.45, 2.75) is 24.4 Å². The maximum Gasteiger partial charge on any atom is 0.352 e. The highest BCUT2D eigenvalue weighted by Gasteiger charge is 2.55. The second-order valence-corrected chi connectivity index (χ2v) is 10.00. The number of amides is 2. The van der Waals surface area contributed by atoms with Gasteiger partial charge in [0.1, 0.15) is 40.9 Å². The summed E-state index contributed by atoms with van der Waals surface area (Å²) in [6, 6.07) is 0.562. The van der Waals surface area contributed by atoms with Crippen molar-refractivity contribution >= 4 is 62.8 Å². The van der Waals surface area contributed by atoms with E-state index in [0.717, 1.165) is 22.4 Å². The number of aromatic nitrogens is 4. The molecule has 1 fully saturated rings. The highest BCUT2D eigenvalue weighted by Crippen LogP contribution is 2.42. The van der Waals surface area contributed by atoms with Gasteiger partial charge < -0.3 is 26.0 Å². The van der Waals surface area contributed by atoms with Crippen molar-refractivity contribution in [3.8, 4) is 0 Å². The molecule has 0 saturated carbocycles. The van der Waals surface area contributed by atoms with Gasteiger partial charge in [-0.1, -0.05) is 5.16 Å². The number of rotatable bonds is 7. The molecule has 13 nitrogen and oxygen atoms in total. The lowest BCUT2D eigenvalue weighted by Gasteiger charge is -2.49. The van der Waals surface area contributed by atoms with E-state index in [2.05, 4.69) is 25.4 Å². The molecule has 3 atom stereocenters. The molecule has 0 aliphatic carbocycles. The minimum Gasteiger partial charge on any atom is -0.477 e. The summed E-state index contributed by atoms with van der Waals surface area (Å²) in [5.74, 6) is -2.04. The number of carboxylic acid groups (broad SMARTS) is 1. The highest BCUT2D eigenvalue weighted by molar-refractivity contribution is 8.00. The van der Waals surface area contributed by atoms with Crippen LogP contribution in [0.15, 0.2) is 46.6 Å². The molecule has 5 N–H and O–H groups in total. The number of nitrogens with two attached hydrogens (primary N) is 1. The SMILES string of the molecule is CON=C(C(=O)NC1C(=O)N2C(C(=O)O)=C(C(C)[n+]3ccc4nc[nH]c4c3)CS[C@@H]12)c1csc(N)n1. The molecule has 0 radical (unpaired) electrons. The first kappa shape index (κ1) is 23.7. The summed E-state index contributed by atoms with van der Waals surface area (Å²) in [6.07, 6.45) is 5.25. The Morgan fingerprint density at radius 3 is 2.97 bits per heavy atom. The van der Waals surface area contributed by atoms with E-state index in [0.29, 0.717) is 11.3 Å². The van der Waals surface area contributed by atoms with Gasteiger partial charge in [0.15, 0.2) is 29.3 Å². The third kappa shape index (κ3) is 3.95. The maximum atomic E-state index is 13.1. The Hall–Kier alpha value is -3.98. The molecule has 2 aliphatic rings. The fourth-order valence-corrected chi connectivity index (χ4v) is 6.20. The number of nitrogens with zero attached hydrogens (tertiary/aromatic N) is 5. The number of hydrogen-bond acceptors (Lipinski definition) is 10. The van der Waals surface area contributed by atoms with Crippen molar-refractivity contribution in [3.05, 3.63) is 47.1 Å². The number of anilines is 1. The summed E-state index contributed by atoms with van der Waals surface area (Å²) in [5, 5.41) is 17.6. The molecule has 186 valence electrons. The lowest BCUT2D eigenvalue weighted by atomic mass is 9.99. The van der Waals surface area contributed by atoms with Crippen molar-refractivity contribution in [2.24, 2.45) is 5.16 Å². The number of pyridine rings is 1. The van der Waals surface area contributed by atoms with E-state index in [9.17, 15) is 19.5 Å². The highest BCUT2D eigenvalue weighted by atomic mass is 32.2. The third-order valence-electron chi connectivity index (χ3n) is 5.98. The first-order valence-corrected chi connectivity index (χ1v) is 12.6. The van der Waals surface area contributed by atoms with E-state index in [1.54, 1.807) is 11.7 Å². The van der Waals surface area contributed by atoms with Crippen LogP contribution in [-0.4, -0.2) is 72.7 Å². The Kier molecular flexibility index (Phi) is 6.09. The Morgan fingerprint density at radius 2 is 2.28 bits per heavy atom. The van der Waals surface area contributed by atoms with Gasteiger partial charge in [-0.15, -0.1) is 23.1 Å². The van der Waals surface area contributed by atoms with Crippen LogP contribution in [0.1, 0.15) is 18.7 Å². The van der Waals surface area contributed by atoms with Crippen molar-refractivity contribution < 1.29 is 28.9 Å². The molecule has 0 bridgehead atoms. The molecule has 2 amide bonds. The minimum absolute atomic E-state index is 0.0722. The number of nitrogens with one attached hydrogen (secondary N) is 2. The van der Waals surface area contributed by atoms with Gasteiger partial charge in [-0.3, -0.25) is 14.5 Å². The molecule has 5 rings (SSSR count). The Bertz CT molecular complexity index is 1450. The third-order valence-corrected chi connectivity index (χ3v) is 7.96. The molecule has 5 heterocycles. The second kappa shape index (κ2) is 9.23. The molecule has 15 heteroatoms. The van der Waals surface area contributed by atoms with Crippen LogP contribution in [0.2, 0.25) is 0 Å². The number of carboxylic acids is 1. The number of thioether (sulfide) groups is 1. The number of thiazole rings is 1. The van der Waals surface area contributed by atoms with Gasteiger partial charge >= 0.3 is 5.97 Å². The number of H-pyrrole nitrogens is 1. The monoisotopic (exact) mass is 529 g/mol. The number of carbonyl (C=O) groups is 3. The Labute approximate surface area is 212 Å². The van der Waals surface area contributed by atoms with Crippen LogP contribution in [0.4, 0.5) is 5.13 Å². The smallest absolute Gasteiger partial charge is 0.352 e. The molecule has 36 heavy (non-hydrogen) atoms. The molecule has 2 aliphatic heterocycles. The molecule has 1 saturated heterocycles. The van der Waals surface area contributed by atoms with Crippen molar-refractivity contribution in [1.82, 2.24) is 25.2 Å². The van der Waals surface area contributed by atoms with E-state index in [4.69, 9.17) is 10.6 Å². The van der Waals surface area contributed by atoms with Crippen LogP contribution in [0.5, 0.6) is 0 Å². The molecular formula is C21H21N8O5S2+. The van der Waals surface area contributed by atoms with E-state index in [1.807, 2.05) is 30.0 Å². The number of aliphatic carboxylic acids is 1. The van der Waals surface area contributed by atoms with Crippen molar-refractivity contribution in [2.75, 3.05) is 18.6 Å². The fraction of sp³-hybridized carbons (Fsp3) is 0.286. The number of imidazole rings is 1. The van der Waals surface area contributed by atoms with Crippen LogP contribution >= 0.6 is 23.1 Å². The van der Waals surface area contributed by atoms with Gasteiger partial charge in [0.25, 0.3) is 11.8 Å². The van der Waals surface area contributed by atoms with E-state index in [-0.39, 0.29) is 28.3 Å². The zero-order chi connectivity index (χ0) is 25.6. The number of oxime groups is 1. The van der Waals surface area contributed by atoms with Crippen molar-refractivity contribution in [3.63, 3.8) is 0 Å². The van der Waals surface area contributed by atoms with Gasteiger partial charge in [0.05, 0.1) is 6.33 Å². The van der Waals surface area contributed by atoms with Crippen LogP contribution in [0.25, 0.3) is 11.0 Å².